The van der Waals surface area contributed by atoms with Crippen LogP contribution in [0.1, 0.15) is 11.3 Å². The van der Waals surface area contributed by atoms with Crippen molar-refractivity contribution < 1.29 is 17.6 Å². The lowest BCUT2D eigenvalue weighted by atomic mass is 10.2. The Bertz CT molecular complexity index is 997. The standard InChI is InChI=1S/C17H13N2.CH4O3S/c18-19-16(12-10-14-6-2-1-3-7-14)13-11-15-8-4-5-9-17(15)19;1-5(2,3)4/h1-9,11,13H,18H2;1H3,(H,2,3,4)/q+1;/p-1. The highest BCUT2D eigenvalue weighted by molar-refractivity contribution is 7.84. The molecule has 0 amide bonds. The summed E-state index contributed by atoms with van der Waals surface area (Å²) >= 11 is 0. The van der Waals surface area contributed by atoms with E-state index in [1.165, 1.54) is 0 Å². The van der Waals surface area contributed by atoms with Crippen molar-refractivity contribution in [1.82, 2.24) is 0 Å². The van der Waals surface area contributed by atoms with Crippen LogP contribution in [0.4, 0.5) is 0 Å². The molecule has 2 aromatic carbocycles. The molecular formula is C18H16N2O3S. The Morgan fingerprint density at radius 1 is 0.917 bits per heavy atom. The molecule has 0 unspecified atom stereocenters. The molecule has 0 aliphatic rings. The number of pyridine rings is 1. The second-order valence-corrected chi connectivity index (χ2v) is 6.38. The van der Waals surface area contributed by atoms with Gasteiger partial charge in [-0.1, -0.05) is 40.9 Å². The Morgan fingerprint density at radius 3 is 2.17 bits per heavy atom. The largest absolute Gasteiger partial charge is 0.748 e. The fourth-order valence-electron chi connectivity index (χ4n) is 1.99. The van der Waals surface area contributed by atoms with Gasteiger partial charge in [0, 0.05) is 35.3 Å². The number of hydrogen-bond donors (Lipinski definition) is 1. The van der Waals surface area contributed by atoms with Crippen molar-refractivity contribution in [2.45, 2.75) is 0 Å². The summed E-state index contributed by atoms with van der Waals surface area (Å²) in [6.45, 7) is 0. The molecule has 3 rings (SSSR count). The van der Waals surface area contributed by atoms with Gasteiger partial charge in [-0.15, -0.1) is 0 Å². The maximum atomic E-state index is 9.08. The SMILES string of the molecule is CS(=O)(=O)[O-].N[n+]1c(C#Cc2ccccc2)ccc2ccccc21. The summed E-state index contributed by atoms with van der Waals surface area (Å²) in [5.41, 5.74) is 2.75. The van der Waals surface area contributed by atoms with Gasteiger partial charge in [0.15, 0.2) is 0 Å². The van der Waals surface area contributed by atoms with Crippen molar-refractivity contribution in [1.29, 1.82) is 0 Å². The zero-order chi connectivity index (χ0) is 17.6. The third-order valence-corrected chi connectivity index (χ3v) is 2.99. The molecule has 0 atom stereocenters. The fourth-order valence-corrected chi connectivity index (χ4v) is 1.99. The minimum Gasteiger partial charge on any atom is -0.748 e. The summed E-state index contributed by atoms with van der Waals surface area (Å²) in [4.78, 5) is 0. The number of rotatable bonds is 0. The number of hydrogen-bond acceptors (Lipinski definition) is 4. The highest BCUT2D eigenvalue weighted by atomic mass is 32.2. The first kappa shape index (κ1) is 17.5. The van der Waals surface area contributed by atoms with Crippen LogP contribution in [-0.4, -0.2) is 19.2 Å². The van der Waals surface area contributed by atoms with Crippen LogP contribution < -0.4 is 10.5 Å². The second-order valence-electron chi connectivity index (χ2n) is 4.97. The lowest BCUT2D eigenvalue weighted by Gasteiger charge is -1.96. The second kappa shape index (κ2) is 7.59. The van der Waals surface area contributed by atoms with E-state index < -0.39 is 10.1 Å². The predicted octanol–water partition coefficient (Wildman–Crippen LogP) is 1.40. The highest BCUT2D eigenvalue weighted by Gasteiger charge is 2.09. The zero-order valence-corrected chi connectivity index (χ0v) is 13.8. The summed E-state index contributed by atoms with van der Waals surface area (Å²) in [6, 6.07) is 21.9. The summed E-state index contributed by atoms with van der Waals surface area (Å²) in [6.07, 6.45) is 0.604. The molecule has 3 aromatic rings. The van der Waals surface area contributed by atoms with Gasteiger partial charge >= 0.3 is 0 Å². The molecule has 122 valence electrons. The zero-order valence-electron chi connectivity index (χ0n) is 13.0. The van der Waals surface area contributed by atoms with E-state index in [4.69, 9.17) is 18.8 Å². The Kier molecular flexibility index (Phi) is 5.53. The van der Waals surface area contributed by atoms with E-state index in [-0.39, 0.29) is 0 Å². The third-order valence-electron chi connectivity index (χ3n) is 2.99. The van der Waals surface area contributed by atoms with E-state index in [0.29, 0.717) is 6.26 Å². The van der Waals surface area contributed by atoms with Crippen LogP contribution in [0.2, 0.25) is 0 Å². The van der Waals surface area contributed by atoms with E-state index in [0.717, 1.165) is 22.2 Å². The Hall–Kier alpha value is -2.88. The molecule has 1 heterocycles. The molecule has 0 fully saturated rings. The van der Waals surface area contributed by atoms with Gasteiger partial charge in [0.05, 0.1) is 10.1 Å². The first-order valence-electron chi connectivity index (χ1n) is 7.01. The van der Waals surface area contributed by atoms with E-state index in [9.17, 15) is 0 Å². The molecule has 24 heavy (non-hydrogen) atoms. The molecule has 6 heteroatoms. The molecule has 1 aromatic heterocycles. The van der Waals surface area contributed by atoms with Crippen molar-refractivity contribution >= 4 is 21.0 Å². The normalized spacial score (nSPS) is 10.2. The molecular weight excluding hydrogens is 324 g/mol. The van der Waals surface area contributed by atoms with Gasteiger partial charge in [0.2, 0.25) is 5.52 Å². The smallest absolute Gasteiger partial charge is 0.286 e. The van der Waals surface area contributed by atoms with Crippen LogP contribution >= 0.6 is 0 Å². The van der Waals surface area contributed by atoms with Crippen LogP contribution in [0.3, 0.4) is 0 Å². The first-order chi connectivity index (χ1) is 11.3. The maximum absolute atomic E-state index is 9.08. The molecule has 0 radical (unpaired) electrons. The van der Waals surface area contributed by atoms with Gasteiger partial charge in [0.1, 0.15) is 0 Å². The lowest BCUT2D eigenvalue weighted by Crippen LogP contribution is -2.48. The minimum atomic E-state index is -3.92. The maximum Gasteiger partial charge on any atom is 0.286 e. The first-order valence-corrected chi connectivity index (χ1v) is 8.83. The van der Waals surface area contributed by atoms with E-state index in [2.05, 4.69) is 11.8 Å². The van der Waals surface area contributed by atoms with Crippen molar-refractivity contribution in [2.24, 2.45) is 0 Å². The lowest BCUT2D eigenvalue weighted by molar-refractivity contribution is -0.614. The monoisotopic (exact) mass is 340 g/mol. The number of fused-ring (bicyclic) bond motifs is 1. The van der Waals surface area contributed by atoms with Crippen LogP contribution in [0, 0.1) is 11.8 Å². The quantitative estimate of drug-likeness (QED) is 0.290. The van der Waals surface area contributed by atoms with Gasteiger partial charge in [-0.05, 0) is 24.3 Å². The predicted molar refractivity (Wildman–Crippen MR) is 92.3 cm³/mol. The van der Waals surface area contributed by atoms with Gasteiger partial charge in [0.25, 0.3) is 5.69 Å². The Labute approximate surface area is 141 Å². The van der Waals surface area contributed by atoms with Crippen LogP contribution in [-0.2, 0) is 10.1 Å². The van der Waals surface area contributed by atoms with Gasteiger partial charge in [-0.25, -0.2) is 14.3 Å². The van der Waals surface area contributed by atoms with Crippen molar-refractivity contribution in [3.8, 4) is 11.8 Å². The number of benzene rings is 2. The third kappa shape index (κ3) is 5.39. The average Bonchev–Trinajstić information content (AvgIpc) is 2.54. The summed E-state index contributed by atoms with van der Waals surface area (Å²) in [5.74, 6) is 12.3. The number of nitrogens with two attached hydrogens (primary N) is 1. The molecule has 0 saturated heterocycles. The van der Waals surface area contributed by atoms with E-state index >= 15 is 0 Å². The van der Waals surface area contributed by atoms with E-state index in [1.54, 1.807) is 4.68 Å². The molecule has 0 aliphatic carbocycles. The van der Waals surface area contributed by atoms with Gasteiger partial charge < -0.3 is 4.55 Å². The van der Waals surface area contributed by atoms with Crippen LogP contribution in [0.5, 0.6) is 0 Å². The average molecular weight is 340 g/mol. The van der Waals surface area contributed by atoms with Gasteiger partial charge in [-0.2, -0.15) is 0 Å². The molecule has 0 saturated carbocycles. The number of para-hydroxylation sites is 1. The summed E-state index contributed by atoms with van der Waals surface area (Å²) in [5, 5.41) is 1.11. The van der Waals surface area contributed by atoms with Crippen LogP contribution in [0.25, 0.3) is 10.9 Å². The summed E-state index contributed by atoms with van der Waals surface area (Å²) in [7, 11) is -3.92. The fraction of sp³-hybridized carbons (Fsp3) is 0.0556. The van der Waals surface area contributed by atoms with Crippen molar-refractivity contribution in [3.05, 3.63) is 78.0 Å². The number of nitrogens with zero attached hydrogens (tertiary/aromatic N) is 1. The topological polar surface area (TPSA) is 87.1 Å². The van der Waals surface area contributed by atoms with Crippen molar-refractivity contribution in [2.75, 3.05) is 12.1 Å². The molecule has 0 spiro atoms. The Balaban J connectivity index is 0.000000368. The molecule has 0 bridgehead atoms. The van der Waals surface area contributed by atoms with E-state index in [1.807, 2.05) is 66.7 Å². The molecule has 5 nitrogen and oxygen atoms in total. The number of aromatic nitrogens is 1. The molecule has 2 N–H and O–H groups in total. The van der Waals surface area contributed by atoms with Crippen LogP contribution in [0.15, 0.2) is 66.7 Å². The summed E-state index contributed by atoms with van der Waals surface area (Å²) < 4.78 is 28.9. The highest BCUT2D eigenvalue weighted by Crippen LogP contribution is 2.08. The molecule has 0 aliphatic heterocycles. The number of nitrogen functional groups attached to an aromatic ring is 1. The van der Waals surface area contributed by atoms with Crippen molar-refractivity contribution in [3.63, 3.8) is 0 Å². The van der Waals surface area contributed by atoms with Gasteiger partial charge in [-0.3, -0.25) is 0 Å². The minimum absolute atomic E-state index is 0.604. The Morgan fingerprint density at radius 2 is 1.50 bits per heavy atom.